The van der Waals surface area contributed by atoms with E-state index < -0.39 is 0 Å². The summed E-state index contributed by atoms with van der Waals surface area (Å²) in [6.07, 6.45) is 4.76. The Labute approximate surface area is 176 Å². The van der Waals surface area contributed by atoms with Crippen molar-refractivity contribution in [1.29, 1.82) is 5.26 Å². The molecule has 0 aliphatic rings. The van der Waals surface area contributed by atoms with Gasteiger partial charge < -0.3 is 9.73 Å². The van der Waals surface area contributed by atoms with Crippen LogP contribution in [0.3, 0.4) is 0 Å². The predicted molar refractivity (Wildman–Crippen MR) is 108 cm³/mol. The van der Waals surface area contributed by atoms with E-state index in [0.717, 1.165) is 11.3 Å². The Morgan fingerprint density at radius 3 is 2.97 bits per heavy atom. The first-order valence-corrected chi connectivity index (χ1v) is 9.41. The monoisotopic (exact) mass is 421 g/mol. The van der Waals surface area contributed by atoms with E-state index in [-0.39, 0.29) is 23.5 Å². The lowest BCUT2D eigenvalue weighted by Crippen LogP contribution is -2.36. The average Bonchev–Trinajstić information content (AvgIpc) is 3.48. The molecule has 0 bridgehead atoms. The zero-order valence-electron chi connectivity index (χ0n) is 15.8. The van der Waals surface area contributed by atoms with Gasteiger partial charge in [0.1, 0.15) is 18.0 Å². The summed E-state index contributed by atoms with van der Waals surface area (Å²) in [5.74, 6) is -0.0777. The Morgan fingerprint density at radius 2 is 2.23 bits per heavy atom. The molecule has 30 heavy (non-hydrogen) atoms. The number of aromatic nitrogens is 5. The lowest BCUT2D eigenvalue weighted by molar-refractivity contribution is 0.0931. The molecule has 0 saturated carbocycles. The molecule has 150 valence electrons. The Kier molecular flexibility index (Phi) is 5.32. The number of aromatic amines is 1. The normalized spacial score (nSPS) is 11.8. The molecule has 1 amide bonds. The fourth-order valence-corrected chi connectivity index (χ4v) is 3.10. The van der Waals surface area contributed by atoms with Gasteiger partial charge in [-0.1, -0.05) is 17.7 Å². The van der Waals surface area contributed by atoms with Crippen molar-refractivity contribution in [3.05, 3.63) is 65.3 Å². The molecule has 3 aromatic heterocycles. The van der Waals surface area contributed by atoms with Crippen LogP contribution >= 0.6 is 11.6 Å². The van der Waals surface area contributed by atoms with Gasteiger partial charge in [0, 0.05) is 24.0 Å². The van der Waals surface area contributed by atoms with Crippen molar-refractivity contribution >= 4 is 17.5 Å². The number of halogens is 1. The maximum atomic E-state index is 12.4. The minimum Gasteiger partial charge on any atom is -0.442 e. The topological polar surface area (TPSA) is 125 Å². The second-order valence-corrected chi connectivity index (χ2v) is 7.01. The number of H-pyrrole nitrogens is 1. The molecule has 0 aliphatic heterocycles. The van der Waals surface area contributed by atoms with Gasteiger partial charge >= 0.3 is 0 Å². The molecule has 1 aromatic carbocycles. The molecule has 0 aliphatic carbocycles. The Hall–Kier alpha value is -3.90. The lowest BCUT2D eigenvalue weighted by atomic mass is 10.1. The smallest absolute Gasteiger partial charge is 0.273 e. The molecule has 1 unspecified atom stereocenters. The molecule has 1 atom stereocenters. The molecule has 4 aromatic rings. The molecule has 10 heteroatoms. The van der Waals surface area contributed by atoms with E-state index in [1.54, 1.807) is 35.1 Å². The molecule has 0 spiro atoms. The standard InChI is InChI=1S/C20H16ClN7O2/c1-12(24-19(29)18-11-30-20(25-18)17-4-6-23-26-17)10-28-7-5-16(27-28)13-2-3-14(9-22)15(21)8-13/h2-8,11-12H,10H2,1H3,(H,23,26)(H,24,29). The maximum absolute atomic E-state index is 12.4. The molecule has 3 heterocycles. The second-order valence-electron chi connectivity index (χ2n) is 6.60. The number of hydrogen-bond donors (Lipinski definition) is 2. The quantitative estimate of drug-likeness (QED) is 0.492. The van der Waals surface area contributed by atoms with Gasteiger partial charge in [-0.15, -0.1) is 0 Å². The van der Waals surface area contributed by atoms with Crippen molar-refractivity contribution in [1.82, 2.24) is 30.3 Å². The number of benzene rings is 1. The number of amides is 1. The van der Waals surface area contributed by atoms with Crippen molar-refractivity contribution in [2.75, 3.05) is 0 Å². The Balaban J connectivity index is 1.39. The van der Waals surface area contributed by atoms with E-state index in [1.807, 2.05) is 25.3 Å². The molecular weight excluding hydrogens is 406 g/mol. The van der Waals surface area contributed by atoms with Gasteiger partial charge in [-0.25, -0.2) is 4.98 Å². The van der Waals surface area contributed by atoms with E-state index in [0.29, 0.717) is 22.8 Å². The van der Waals surface area contributed by atoms with E-state index in [1.165, 1.54) is 6.26 Å². The Bertz CT molecular complexity index is 1220. The molecule has 4 rings (SSSR count). The number of rotatable bonds is 6. The summed E-state index contributed by atoms with van der Waals surface area (Å²) in [5.41, 5.74) is 2.64. The first-order valence-electron chi connectivity index (χ1n) is 9.03. The van der Waals surface area contributed by atoms with Gasteiger partial charge in [-0.05, 0) is 31.2 Å². The van der Waals surface area contributed by atoms with Crippen LogP contribution in [0, 0.1) is 11.3 Å². The Morgan fingerprint density at radius 1 is 1.37 bits per heavy atom. The summed E-state index contributed by atoms with van der Waals surface area (Å²) in [4.78, 5) is 16.6. The molecule has 9 nitrogen and oxygen atoms in total. The summed E-state index contributed by atoms with van der Waals surface area (Å²) < 4.78 is 7.03. The highest BCUT2D eigenvalue weighted by Gasteiger charge is 2.17. The number of nitriles is 1. The number of carbonyl (C=O) groups excluding carboxylic acids is 1. The molecule has 2 N–H and O–H groups in total. The highest BCUT2D eigenvalue weighted by Crippen LogP contribution is 2.24. The van der Waals surface area contributed by atoms with Crippen LogP contribution in [0.25, 0.3) is 22.8 Å². The van der Waals surface area contributed by atoms with E-state index in [4.69, 9.17) is 21.3 Å². The van der Waals surface area contributed by atoms with Crippen LogP contribution in [0.15, 0.2) is 53.4 Å². The predicted octanol–water partition coefficient (Wildman–Crippen LogP) is 3.27. The lowest BCUT2D eigenvalue weighted by Gasteiger charge is -2.12. The largest absolute Gasteiger partial charge is 0.442 e. The van der Waals surface area contributed by atoms with E-state index in [9.17, 15) is 4.79 Å². The third-order valence-electron chi connectivity index (χ3n) is 4.32. The summed E-state index contributed by atoms with van der Waals surface area (Å²) in [6, 6.07) is 10.5. The van der Waals surface area contributed by atoms with Gasteiger partial charge in [-0.3, -0.25) is 14.6 Å². The second kappa shape index (κ2) is 8.23. The number of hydrogen-bond acceptors (Lipinski definition) is 6. The summed E-state index contributed by atoms with van der Waals surface area (Å²) in [7, 11) is 0. The van der Waals surface area contributed by atoms with Crippen LogP contribution < -0.4 is 5.32 Å². The molecule has 0 radical (unpaired) electrons. The van der Waals surface area contributed by atoms with Crippen LogP contribution in [0.4, 0.5) is 0 Å². The zero-order valence-corrected chi connectivity index (χ0v) is 16.6. The SMILES string of the molecule is CC(Cn1ccc(-c2ccc(C#N)c(Cl)c2)n1)NC(=O)c1coc(-c2cc[nH]n2)n1. The highest BCUT2D eigenvalue weighted by molar-refractivity contribution is 6.32. The maximum Gasteiger partial charge on any atom is 0.273 e. The minimum absolute atomic E-state index is 0.174. The van der Waals surface area contributed by atoms with Gasteiger partial charge in [0.05, 0.1) is 22.8 Å². The fourth-order valence-electron chi connectivity index (χ4n) is 2.88. The van der Waals surface area contributed by atoms with Crippen molar-refractivity contribution < 1.29 is 9.21 Å². The van der Waals surface area contributed by atoms with Gasteiger partial charge in [-0.2, -0.15) is 15.5 Å². The molecule has 0 saturated heterocycles. The van der Waals surface area contributed by atoms with Crippen LogP contribution in [0.1, 0.15) is 23.0 Å². The van der Waals surface area contributed by atoms with Gasteiger partial charge in [0.2, 0.25) is 5.89 Å². The summed E-state index contributed by atoms with van der Waals surface area (Å²) in [5, 5.41) is 23.4. The summed E-state index contributed by atoms with van der Waals surface area (Å²) >= 11 is 6.10. The first kappa shape index (κ1) is 19.4. The van der Waals surface area contributed by atoms with E-state index in [2.05, 4.69) is 25.6 Å². The molecular formula is C20H16ClN7O2. The number of carbonyl (C=O) groups is 1. The number of nitrogens with one attached hydrogen (secondary N) is 2. The van der Waals surface area contributed by atoms with Crippen molar-refractivity contribution in [3.8, 4) is 28.9 Å². The highest BCUT2D eigenvalue weighted by atomic mass is 35.5. The van der Waals surface area contributed by atoms with Crippen molar-refractivity contribution in [2.24, 2.45) is 0 Å². The fraction of sp³-hybridized carbons (Fsp3) is 0.150. The van der Waals surface area contributed by atoms with Gasteiger partial charge in [0.15, 0.2) is 5.69 Å². The van der Waals surface area contributed by atoms with Crippen molar-refractivity contribution in [2.45, 2.75) is 19.5 Å². The van der Waals surface area contributed by atoms with Crippen molar-refractivity contribution in [3.63, 3.8) is 0 Å². The third-order valence-corrected chi connectivity index (χ3v) is 4.63. The molecule has 0 fully saturated rings. The first-order chi connectivity index (χ1) is 14.5. The van der Waals surface area contributed by atoms with Crippen LogP contribution in [0.5, 0.6) is 0 Å². The van der Waals surface area contributed by atoms with Crippen LogP contribution in [-0.2, 0) is 6.54 Å². The van der Waals surface area contributed by atoms with Crippen LogP contribution in [-0.4, -0.2) is 36.9 Å². The van der Waals surface area contributed by atoms with Gasteiger partial charge in [0.25, 0.3) is 5.91 Å². The van der Waals surface area contributed by atoms with E-state index >= 15 is 0 Å². The number of oxazole rings is 1. The zero-order chi connectivity index (χ0) is 21.1. The average molecular weight is 422 g/mol. The van der Waals surface area contributed by atoms with Crippen LogP contribution in [0.2, 0.25) is 5.02 Å². The third kappa shape index (κ3) is 4.09. The minimum atomic E-state index is -0.348. The summed E-state index contributed by atoms with van der Waals surface area (Å²) in [6.45, 7) is 2.33. The number of nitrogens with zero attached hydrogens (tertiary/aromatic N) is 5.